The number of rotatable bonds is 1. The zero-order valence-corrected chi connectivity index (χ0v) is 5.34. The SMILES string of the molecule is CC(O)(S)CS. The largest absolute Gasteiger partial charge is 0.379 e. The smallest absolute Gasteiger partial charge is 0.113 e. The molecule has 1 atom stereocenters. The van der Waals surface area contributed by atoms with Gasteiger partial charge in [-0.25, -0.2) is 0 Å². The predicted molar refractivity (Wildman–Crippen MR) is 33.5 cm³/mol. The minimum absolute atomic E-state index is 0.385. The molecule has 0 bridgehead atoms. The minimum atomic E-state index is -0.900. The normalized spacial score (nSPS) is 20.0. The summed E-state index contributed by atoms with van der Waals surface area (Å²) in [5.74, 6) is 0.385. The van der Waals surface area contributed by atoms with Crippen molar-refractivity contribution in [2.45, 2.75) is 11.9 Å². The lowest BCUT2D eigenvalue weighted by molar-refractivity contribution is 0.187. The topological polar surface area (TPSA) is 20.2 Å². The fraction of sp³-hybridized carbons (Fsp3) is 1.00. The van der Waals surface area contributed by atoms with Crippen LogP contribution in [-0.4, -0.2) is 15.8 Å². The van der Waals surface area contributed by atoms with Crippen LogP contribution in [0.25, 0.3) is 0 Å². The Labute approximate surface area is 48.6 Å². The van der Waals surface area contributed by atoms with Crippen LogP contribution in [0.4, 0.5) is 0 Å². The van der Waals surface area contributed by atoms with E-state index in [4.69, 9.17) is 5.11 Å². The van der Waals surface area contributed by atoms with Crippen LogP contribution in [-0.2, 0) is 0 Å². The third kappa shape index (κ3) is 4.66. The molecule has 0 saturated carbocycles. The molecule has 1 unspecified atom stereocenters. The molecule has 0 spiro atoms. The zero-order chi connectivity index (χ0) is 5.21. The van der Waals surface area contributed by atoms with Gasteiger partial charge in [-0.05, 0) is 6.92 Å². The standard InChI is InChI=1S/C3H8OS2/c1-3(4,6)2-5/h4-6H,2H2,1H3. The summed E-state index contributed by atoms with van der Waals surface area (Å²) in [6.45, 7) is 1.59. The van der Waals surface area contributed by atoms with Gasteiger partial charge in [-0.3, -0.25) is 0 Å². The molecule has 0 aromatic carbocycles. The summed E-state index contributed by atoms with van der Waals surface area (Å²) in [6.07, 6.45) is 0. The van der Waals surface area contributed by atoms with Crippen LogP contribution in [0.2, 0.25) is 0 Å². The molecule has 1 nitrogen and oxygen atoms in total. The number of hydrogen-bond donors (Lipinski definition) is 3. The van der Waals surface area contributed by atoms with Crippen LogP contribution in [0.5, 0.6) is 0 Å². The molecule has 38 valence electrons. The molecular weight excluding hydrogens is 116 g/mol. The van der Waals surface area contributed by atoms with E-state index < -0.39 is 4.93 Å². The van der Waals surface area contributed by atoms with E-state index in [0.717, 1.165) is 0 Å². The average Bonchev–Trinajstić information content (AvgIpc) is 1.35. The lowest BCUT2D eigenvalue weighted by atomic mass is 10.5. The monoisotopic (exact) mass is 124 g/mol. The second-order valence-electron chi connectivity index (χ2n) is 1.38. The van der Waals surface area contributed by atoms with Crippen LogP contribution in [0, 0.1) is 0 Å². The van der Waals surface area contributed by atoms with E-state index in [1.54, 1.807) is 6.92 Å². The van der Waals surface area contributed by atoms with Crippen LogP contribution in [0.15, 0.2) is 0 Å². The molecule has 3 heteroatoms. The van der Waals surface area contributed by atoms with E-state index in [9.17, 15) is 0 Å². The Morgan fingerprint density at radius 3 is 2.00 bits per heavy atom. The van der Waals surface area contributed by atoms with E-state index in [-0.39, 0.29) is 0 Å². The van der Waals surface area contributed by atoms with Gasteiger partial charge in [-0.1, -0.05) is 0 Å². The van der Waals surface area contributed by atoms with Crippen molar-refractivity contribution in [1.29, 1.82) is 0 Å². The molecule has 0 rings (SSSR count). The van der Waals surface area contributed by atoms with E-state index in [1.807, 2.05) is 0 Å². The van der Waals surface area contributed by atoms with Crippen molar-refractivity contribution in [3.8, 4) is 0 Å². The van der Waals surface area contributed by atoms with Crippen molar-refractivity contribution < 1.29 is 5.11 Å². The van der Waals surface area contributed by atoms with E-state index in [2.05, 4.69) is 25.3 Å². The molecule has 1 N–H and O–H groups in total. The maximum absolute atomic E-state index is 8.61. The van der Waals surface area contributed by atoms with Crippen LogP contribution >= 0.6 is 25.3 Å². The molecule has 0 saturated heterocycles. The molecule has 6 heavy (non-hydrogen) atoms. The predicted octanol–water partition coefficient (Wildman–Crippen LogP) is 0.554. The molecule has 0 fully saturated rings. The van der Waals surface area contributed by atoms with Gasteiger partial charge in [0.2, 0.25) is 0 Å². The molecule has 0 amide bonds. The second kappa shape index (κ2) is 2.09. The Balaban J connectivity index is 3.17. The van der Waals surface area contributed by atoms with E-state index >= 15 is 0 Å². The summed E-state index contributed by atoms with van der Waals surface area (Å²) in [4.78, 5) is -0.900. The molecule has 0 aromatic heterocycles. The molecule has 0 heterocycles. The summed E-state index contributed by atoms with van der Waals surface area (Å²) >= 11 is 7.51. The summed E-state index contributed by atoms with van der Waals surface area (Å²) in [7, 11) is 0. The summed E-state index contributed by atoms with van der Waals surface area (Å²) < 4.78 is 0. The van der Waals surface area contributed by atoms with Gasteiger partial charge < -0.3 is 5.11 Å². The molecule has 0 aliphatic heterocycles. The molecule has 0 aliphatic carbocycles. The average molecular weight is 124 g/mol. The van der Waals surface area contributed by atoms with E-state index in [0.29, 0.717) is 5.75 Å². The molecule has 0 aromatic rings. The summed E-state index contributed by atoms with van der Waals surface area (Å²) in [5.41, 5.74) is 0. The van der Waals surface area contributed by atoms with Crippen molar-refractivity contribution in [2.24, 2.45) is 0 Å². The molecular formula is C3H8OS2. The highest BCUT2D eigenvalue weighted by Crippen LogP contribution is 2.08. The Kier molecular flexibility index (Phi) is 2.33. The zero-order valence-electron chi connectivity index (χ0n) is 3.55. The van der Waals surface area contributed by atoms with Crippen molar-refractivity contribution >= 4 is 25.3 Å². The number of aliphatic hydroxyl groups is 1. The van der Waals surface area contributed by atoms with Crippen molar-refractivity contribution in [3.63, 3.8) is 0 Å². The highest BCUT2D eigenvalue weighted by Gasteiger charge is 2.08. The third-order valence-corrected chi connectivity index (χ3v) is 1.32. The van der Waals surface area contributed by atoms with Gasteiger partial charge in [0.25, 0.3) is 0 Å². The maximum atomic E-state index is 8.61. The van der Waals surface area contributed by atoms with Gasteiger partial charge in [0.05, 0.1) is 0 Å². The van der Waals surface area contributed by atoms with Gasteiger partial charge in [0.1, 0.15) is 4.93 Å². The van der Waals surface area contributed by atoms with Gasteiger partial charge in [0, 0.05) is 5.75 Å². The number of hydrogen-bond acceptors (Lipinski definition) is 3. The Morgan fingerprint density at radius 2 is 2.00 bits per heavy atom. The highest BCUT2D eigenvalue weighted by atomic mass is 32.1. The molecule has 0 radical (unpaired) electrons. The maximum Gasteiger partial charge on any atom is 0.113 e. The first-order valence-electron chi connectivity index (χ1n) is 1.62. The summed E-state index contributed by atoms with van der Waals surface area (Å²) in [5, 5.41) is 8.61. The first-order chi connectivity index (χ1) is 2.56. The van der Waals surface area contributed by atoms with Crippen molar-refractivity contribution in [3.05, 3.63) is 0 Å². The van der Waals surface area contributed by atoms with Crippen LogP contribution < -0.4 is 0 Å². The fourth-order valence-corrected chi connectivity index (χ4v) is 0. The van der Waals surface area contributed by atoms with Crippen LogP contribution in [0.3, 0.4) is 0 Å². The number of thiol groups is 2. The Morgan fingerprint density at radius 1 is 1.83 bits per heavy atom. The van der Waals surface area contributed by atoms with Gasteiger partial charge >= 0.3 is 0 Å². The van der Waals surface area contributed by atoms with Crippen molar-refractivity contribution in [1.82, 2.24) is 0 Å². The van der Waals surface area contributed by atoms with Gasteiger partial charge in [-0.15, -0.1) is 12.6 Å². The van der Waals surface area contributed by atoms with Gasteiger partial charge in [-0.2, -0.15) is 12.6 Å². The lowest BCUT2D eigenvalue weighted by Crippen LogP contribution is -2.16. The quantitative estimate of drug-likeness (QED) is 0.344. The lowest BCUT2D eigenvalue weighted by Gasteiger charge is -2.09. The van der Waals surface area contributed by atoms with E-state index in [1.165, 1.54) is 0 Å². The molecule has 0 aliphatic rings. The Bertz CT molecular complexity index is 38.5. The second-order valence-corrected chi connectivity index (χ2v) is 2.65. The first kappa shape index (κ1) is 6.66. The third-order valence-electron chi connectivity index (χ3n) is 0.300. The first-order valence-corrected chi connectivity index (χ1v) is 2.70. The van der Waals surface area contributed by atoms with Gasteiger partial charge in [0.15, 0.2) is 0 Å². The highest BCUT2D eigenvalue weighted by molar-refractivity contribution is 7.85. The fourth-order valence-electron chi connectivity index (χ4n) is 0. The minimum Gasteiger partial charge on any atom is -0.379 e. The Hall–Kier alpha value is 0.660. The summed E-state index contributed by atoms with van der Waals surface area (Å²) in [6, 6.07) is 0. The van der Waals surface area contributed by atoms with Crippen LogP contribution in [0.1, 0.15) is 6.92 Å². The van der Waals surface area contributed by atoms with Crippen molar-refractivity contribution in [2.75, 3.05) is 5.75 Å².